The molecule has 0 saturated carbocycles. The number of hydrogen-bond donors (Lipinski definition) is 1. The third-order valence-corrected chi connectivity index (χ3v) is 2.05. The van der Waals surface area contributed by atoms with Crippen molar-refractivity contribution < 1.29 is 31.1 Å². The van der Waals surface area contributed by atoms with Crippen LogP contribution in [0.15, 0.2) is 24.3 Å². The van der Waals surface area contributed by atoms with E-state index >= 15 is 0 Å². The topological polar surface area (TPSA) is 35.2 Å². The minimum absolute atomic E-state index is 0. The van der Waals surface area contributed by atoms with Crippen molar-refractivity contribution in [2.45, 2.75) is 25.0 Å². The highest BCUT2D eigenvalue weighted by Crippen LogP contribution is 2.33. The van der Waals surface area contributed by atoms with Crippen LogP contribution in [-0.4, -0.2) is 19.0 Å². The molecule has 0 amide bonds. The average Bonchev–Trinajstić information content (AvgIpc) is 2.28. The molecule has 1 aromatic carbocycles. The molecule has 1 rings (SSSR count). The van der Waals surface area contributed by atoms with Crippen LogP contribution in [0.5, 0.6) is 5.75 Å². The SMILES string of the molecule is Cl.N[C@@H](c1ccccc1OC(F)(F)C(F)F)C(F)F. The number of hydrogen-bond acceptors (Lipinski definition) is 2. The first-order valence-electron chi connectivity index (χ1n) is 4.73. The first-order chi connectivity index (χ1) is 8.25. The van der Waals surface area contributed by atoms with Crippen molar-refractivity contribution in [2.75, 3.05) is 0 Å². The summed E-state index contributed by atoms with van der Waals surface area (Å²) in [4.78, 5) is 0. The molecule has 9 heteroatoms. The standard InChI is InChI=1S/C10H9F6NO.ClH/c11-8(12)7(17)5-3-1-2-4-6(5)18-10(15,16)9(13)14;/h1-4,7-9H,17H2;1H/t7-;/m0./s1. The molecular formula is C10H10ClF6NO. The molecular weight excluding hydrogens is 300 g/mol. The average molecular weight is 310 g/mol. The molecule has 1 aromatic rings. The number of para-hydroxylation sites is 1. The molecule has 2 nitrogen and oxygen atoms in total. The molecule has 0 saturated heterocycles. The van der Waals surface area contributed by atoms with Gasteiger partial charge in [0.05, 0.1) is 6.04 Å². The second-order valence-electron chi connectivity index (χ2n) is 3.36. The van der Waals surface area contributed by atoms with E-state index in [1.54, 1.807) is 0 Å². The maximum Gasteiger partial charge on any atom is 0.461 e. The number of rotatable bonds is 5. The van der Waals surface area contributed by atoms with Crippen LogP contribution in [-0.2, 0) is 0 Å². The third-order valence-electron chi connectivity index (χ3n) is 2.05. The predicted molar refractivity (Wildman–Crippen MR) is 58.2 cm³/mol. The first-order valence-corrected chi connectivity index (χ1v) is 4.73. The van der Waals surface area contributed by atoms with Gasteiger partial charge in [-0.15, -0.1) is 12.4 Å². The van der Waals surface area contributed by atoms with Crippen LogP contribution in [0.1, 0.15) is 11.6 Å². The molecule has 0 bridgehead atoms. The largest absolute Gasteiger partial charge is 0.461 e. The fourth-order valence-electron chi connectivity index (χ4n) is 1.18. The quantitative estimate of drug-likeness (QED) is 0.843. The van der Waals surface area contributed by atoms with Gasteiger partial charge in [0.1, 0.15) is 5.75 Å². The van der Waals surface area contributed by atoms with Gasteiger partial charge in [0.15, 0.2) is 0 Å². The number of alkyl halides is 6. The van der Waals surface area contributed by atoms with Crippen molar-refractivity contribution in [3.05, 3.63) is 29.8 Å². The summed E-state index contributed by atoms with van der Waals surface area (Å²) in [5.74, 6) is -0.796. The molecule has 0 aliphatic rings. The fraction of sp³-hybridized carbons (Fsp3) is 0.400. The van der Waals surface area contributed by atoms with E-state index in [4.69, 9.17) is 5.73 Å². The smallest absolute Gasteiger partial charge is 0.428 e. The lowest BCUT2D eigenvalue weighted by Crippen LogP contribution is -2.34. The van der Waals surface area contributed by atoms with Crippen LogP contribution in [0.25, 0.3) is 0 Å². The summed E-state index contributed by atoms with van der Waals surface area (Å²) in [6.45, 7) is 0. The summed E-state index contributed by atoms with van der Waals surface area (Å²) in [5, 5.41) is 0. The molecule has 0 unspecified atom stereocenters. The van der Waals surface area contributed by atoms with Crippen LogP contribution in [0.4, 0.5) is 26.3 Å². The van der Waals surface area contributed by atoms with Gasteiger partial charge < -0.3 is 10.5 Å². The van der Waals surface area contributed by atoms with Gasteiger partial charge in [-0.25, -0.2) is 8.78 Å². The van der Waals surface area contributed by atoms with Gasteiger partial charge in [-0.3, -0.25) is 0 Å². The van der Waals surface area contributed by atoms with Gasteiger partial charge in [0.2, 0.25) is 0 Å². The summed E-state index contributed by atoms with van der Waals surface area (Å²) in [6.07, 6.45) is -11.9. The Labute approximate surface area is 110 Å². The van der Waals surface area contributed by atoms with Crippen molar-refractivity contribution in [3.8, 4) is 5.75 Å². The number of ether oxygens (including phenoxy) is 1. The van der Waals surface area contributed by atoms with E-state index in [2.05, 4.69) is 4.74 Å². The van der Waals surface area contributed by atoms with Crippen molar-refractivity contribution in [2.24, 2.45) is 5.73 Å². The molecule has 19 heavy (non-hydrogen) atoms. The van der Waals surface area contributed by atoms with Gasteiger partial charge in [-0.05, 0) is 6.07 Å². The Morgan fingerprint density at radius 1 is 1.05 bits per heavy atom. The summed E-state index contributed by atoms with van der Waals surface area (Å²) in [5.41, 5.74) is 4.61. The molecule has 0 aliphatic heterocycles. The van der Waals surface area contributed by atoms with E-state index < -0.39 is 36.3 Å². The number of nitrogens with two attached hydrogens (primary N) is 1. The Morgan fingerprint density at radius 2 is 1.58 bits per heavy atom. The monoisotopic (exact) mass is 309 g/mol. The first kappa shape index (κ1) is 17.8. The van der Waals surface area contributed by atoms with E-state index in [9.17, 15) is 26.3 Å². The van der Waals surface area contributed by atoms with Gasteiger partial charge in [0, 0.05) is 5.56 Å². The minimum Gasteiger partial charge on any atom is -0.428 e. The zero-order valence-corrected chi connectivity index (χ0v) is 10.0. The lowest BCUT2D eigenvalue weighted by Gasteiger charge is -2.21. The molecule has 0 aliphatic carbocycles. The molecule has 0 fully saturated rings. The van der Waals surface area contributed by atoms with E-state index in [0.29, 0.717) is 0 Å². The van der Waals surface area contributed by atoms with Crippen molar-refractivity contribution in [3.63, 3.8) is 0 Å². The third kappa shape index (κ3) is 4.46. The normalized spacial score (nSPS) is 13.3. The highest BCUT2D eigenvalue weighted by molar-refractivity contribution is 5.85. The highest BCUT2D eigenvalue weighted by atomic mass is 35.5. The Morgan fingerprint density at radius 3 is 2.05 bits per heavy atom. The summed E-state index contributed by atoms with van der Waals surface area (Å²) >= 11 is 0. The minimum atomic E-state index is -4.77. The lowest BCUT2D eigenvalue weighted by molar-refractivity contribution is -0.253. The van der Waals surface area contributed by atoms with Crippen LogP contribution in [0.3, 0.4) is 0 Å². The maximum absolute atomic E-state index is 12.7. The van der Waals surface area contributed by atoms with Gasteiger partial charge in [-0.1, -0.05) is 18.2 Å². The maximum atomic E-state index is 12.7. The van der Waals surface area contributed by atoms with Gasteiger partial charge in [-0.2, -0.15) is 17.6 Å². The zero-order valence-electron chi connectivity index (χ0n) is 9.20. The Bertz CT molecular complexity index is 403. The summed E-state index contributed by atoms with van der Waals surface area (Å²) in [7, 11) is 0. The molecule has 0 radical (unpaired) electrons. The summed E-state index contributed by atoms with van der Waals surface area (Å²) in [6, 6.07) is 2.42. The van der Waals surface area contributed by atoms with Crippen molar-refractivity contribution in [1.29, 1.82) is 0 Å². The zero-order chi connectivity index (χ0) is 13.9. The van der Waals surface area contributed by atoms with Crippen LogP contribution in [0, 0.1) is 0 Å². The molecule has 0 aromatic heterocycles. The summed E-state index contributed by atoms with van der Waals surface area (Å²) < 4.78 is 77.7. The van der Waals surface area contributed by atoms with Gasteiger partial charge in [0.25, 0.3) is 6.43 Å². The highest BCUT2D eigenvalue weighted by Gasteiger charge is 2.44. The molecule has 0 heterocycles. The van der Waals surface area contributed by atoms with Crippen LogP contribution in [0.2, 0.25) is 0 Å². The number of benzene rings is 1. The van der Waals surface area contributed by atoms with Crippen molar-refractivity contribution in [1.82, 2.24) is 0 Å². The fourth-order valence-corrected chi connectivity index (χ4v) is 1.18. The molecule has 1 atom stereocenters. The van der Waals surface area contributed by atoms with Crippen LogP contribution >= 0.6 is 12.4 Å². The van der Waals surface area contributed by atoms with E-state index in [1.807, 2.05) is 0 Å². The second kappa shape index (κ2) is 6.85. The Balaban J connectivity index is 0.00000324. The number of halogens is 7. The van der Waals surface area contributed by atoms with Gasteiger partial charge >= 0.3 is 12.5 Å². The molecule has 2 N–H and O–H groups in total. The second-order valence-corrected chi connectivity index (χ2v) is 3.36. The Kier molecular flexibility index (Phi) is 6.44. The van der Waals surface area contributed by atoms with E-state index in [-0.39, 0.29) is 12.4 Å². The predicted octanol–water partition coefficient (Wildman–Crippen LogP) is 3.61. The lowest BCUT2D eigenvalue weighted by atomic mass is 10.1. The van der Waals surface area contributed by atoms with E-state index in [1.165, 1.54) is 12.1 Å². The van der Waals surface area contributed by atoms with Crippen molar-refractivity contribution >= 4 is 12.4 Å². The molecule has 0 spiro atoms. The Hall–Kier alpha value is -1.15. The van der Waals surface area contributed by atoms with Crippen LogP contribution < -0.4 is 10.5 Å². The molecule has 110 valence electrons. The van der Waals surface area contributed by atoms with E-state index in [0.717, 1.165) is 12.1 Å².